The molecule has 0 unspecified atom stereocenters. The predicted molar refractivity (Wildman–Crippen MR) is 69.6 cm³/mol. The van der Waals surface area contributed by atoms with E-state index in [-0.39, 0.29) is 18.9 Å². The van der Waals surface area contributed by atoms with E-state index in [9.17, 15) is 13.2 Å². The number of hydrogen-bond acceptors (Lipinski definition) is 1. The molecule has 0 saturated heterocycles. The monoisotopic (exact) mass is 290 g/mol. The number of hydrogen-bond donors (Lipinski definition) is 0. The van der Waals surface area contributed by atoms with Gasteiger partial charge >= 0.3 is 6.18 Å². The summed E-state index contributed by atoms with van der Waals surface area (Å²) in [6, 6.07) is 5.28. The van der Waals surface area contributed by atoms with Crippen LogP contribution in [0.4, 0.5) is 13.2 Å². The van der Waals surface area contributed by atoms with Gasteiger partial charge in [0.1, 0.15) is 5.75 Å². The third kappa shape index (κ3) is 6.40. The van der Waals surface area contributed by atoms with Crippen LogP contribution < -0.4 is 4.74 Å². The standard InChI is InChI=1S/C14H14ClF3O/c1-11-10-12(4-2-8-15)5-6-13(11)19-9-3-7-14(16,17)18/h5-6,10H,3,7-9H2,1H3. The average molecular weight is 291 g/mol. The Morgan fingerprint density at radius 2 is 2.05 bits per heavy atom. The van der Waals surface area contributed by atoms with E-state index >= 15 is 0 Å². The summed E-state index contributed by atoms with van der Waals surface area (Å²) in [4.78, 5) is 0. The van der Waals surface area contributed by atoms with Crippen LogP contribution in [0.25, 0.3) is 0 Å². The Bertz CT molecular complexity index is 472. The summed E-state index contributed by atoms with van der Waals surface area (Å²) in [5.41, 5.74) is 1.65. The smallest absolute Gasteiger partial charge is 0.389 e. The molecule has 0 saturated carbocycles. The van der Waals surface area contributed by atoms with E-state index in [0.717, 1.165) is 11.1 Å². The van der Waals surface area contributed by atoms with E-state index in [1.807, 2.05) is 13.0 Å². The highest BCUT2D eigenvalue weighted by Crippen LogP contribution is 2.23. The molecule has 0 aliphatic rings. The van der Waals surface area contributed by atoms with Crippen LogP contribution in [0.5, 0.6) is 5.75 Å². The molecule has 1 rings (SSSR count). The first kappa shape index (κ1) is 15.7. The fourth-order valence-corrected chi connectivity index (χ4v) is 1.55. The SMILES string of the molecule is Cc1cc(C#CCCl)ccc1OCCCC(F)(F)F. The van der Waals surface area contributed by atoms with E-state index in [1.165, 1.54) is 0 Å². The summed E-state index contributed by atoms with van der Waals surface area (Å²) in [5, 5.41) is 0. The maximum absolute atomic E-state index is 12.0. The van der Waals surface area contributed by atoms with Crippen molar-refractivity contribution < 1.29 is 17.9 Å². The maximum Gasteiger partial charge on any atom is 0.389 e. The van der Waals surface area contributed by atoms with Gasteiger partial charge in [-0.1, -0.05) is 11.8 Å². The normalized spacial score (nSPS) is 10.8. The van der Waals surface area contributed by atoms with Crippen molar-refractivity contribution in [3.63, 3.8) is 0 Å². The second kappa shape index (κ2) is 7.30. The van der Waals surface area contributed by atoms with Crippen molar-refractivity contribution in [1.29, 1.82) is 0 Å². The number of benzene rings is 1. The van der Waals surface area contributed by atoms with Gasteiger partial charge in [0.15, 0.2) is 0 Å². The molecule has 0 aliphatic heterocycles. The number of aryl methyl sites for hydroxylation is 1. The quantitative estimate of drug-likeness (QED) is 0.456. The second-order valence-electron chi connectivity index (χ2n) is 3.98. The fourth-order valence-electron chi connectivity index (χ4n) is 1.48. The fraction of sp³-hybridized carbons (Fsp3) is 0.429. The minimum absolute atomic E-state index is 0.0449. The zero-order chi connectivity index (χ0) is 14.3. The van der Waals surface area contributed by atoms with Crippen LogP contribution in [0.1, 0.15) is 24.0 Å². The third-order valence-electron chi connectivity index (χ3n) is 2.34. The van der Waals surface area contributed by atoms with Gasteiger partial charge in [-0.2, -0.15) is 13.2 Å². The largest absolute Gasteiger partial charge is 0.493 e. The van der Waals surface area contributed by atoms with E-state index in [1.54, 1.807) is 12.1 Å². The van der Waals surface area contributed by atoms with Crippen LogP contribution in [0, 0.1) is 18.8 Å². The highest BCUT2D eigenvalue weighted by atomic mass is 35.5. The topological polar surface area (TPSA) is 9.23 Å². The minimum atomic E-state index is -4.13. The number of rotatable bonds is 4. The molecule has 1 nitrogen and oxygen atoms in total. The van der Waals surface area contributed by atoms with Crippen LogP contribution in [-0.2, 0) is 0 Å². The first-order valence-electron chi connectivity index (χ1n) is 5.77. The van der Waals surface area contributed by atoms with Gasteiger partial charge in [0.25, 0.3) is 0 Å². The Labute approximate surface area is 115 Å². The van der Waals surface area contributed by atoms with Crippen molar-refractivity contribution >= 4 is 11.6 Å². The van der Waals surface area contributed by atoms with Crippen LogP contribution in [0.2, 0.25) is 0 Å². The number of alkyl halides is 4. The lowest BCUT2D eigenvalue weighted by Gasteiger charge is -2.10. The molecule has 5 heteroatoms. The summed E-state index contributed by atoms with van der Waals surface area (Å²) >= 11 is 5.45. The summed E-state index contributed by atoms with van der Waals surface area (Å²) < 4.78 is 41.2. The highest BCUT2D eigenvalue weighted by molar-refractivity contribution is 6.19. The van der Waals surface area contributed by atoms with E-state index in [4.69, 9.17) is 16.3 Å². The average Bonchev–Trinajstić information content (AvgIpc) is 2.32. The Kier molecular flexibility index (Phi) is 6.04. The van der Waals surface area contributed by atoms with E-state index in [2.05, 4.69) is 11.8 Å². The molecule has 0 heterocycles. The van der Waals surface area contributed by atoms with Gasteiger partial charge in [-0.15, -0.1) is 11.6 Å². The molecular weight excluding hydrogens is 277 g/mol. The molecule has 0 N–H and O–H groups in total. The van der Waals surface area contributed by atoms with Crippen LogP contribution in [0.15, 0.2) is 18.2 Å². The minimum Gasteiger partial charge on any atom is -0.493 e. The number of ether oxygens (including phenoxy) is 1. The molecule has 1 aromatic rings. The Morgan fingerprint density at radius 1 is 1.32 bits per heavy atom. The summed E-state index contributed by atoms with van der Waals surface area (Å²) in [6.45, 7) is 1.87. The second-order valence-corrected chi connectivity index (χ2v) is 4.25. The van der Waals surface area contributed by atoms with Gasteiger partial charge in [-0.05, 0) is 37.1 Å². The number of halogens is 4. The summed E-state index contributed by atoms with van der Waals surface area (Å²) in [7, 11) is 0. The molecule has 0 radical (unpaired) electrons. The van der Waals surface area contributed by atoms with Crippen LogP contribution >= 0.6 is 11.6 Å². The van der Waals surface area contributed by atoms with Crippen molar-refractivity contribution in [3.05, 3.63) is 29.3 Å². The molecule has 1 aromatic carbocycles. The summed E-state index contributed by atoms with van der Waals surface area (Å²) in [6.07, 6.45) is -5.00. The van der Waals surface area contributed by atoms with Gasteiger partial charge in [0.05, 0.1) is 12.5 Å². The first-order chi connectivity index (χ1) is 8.92. The molecule has 0 aromatic heterocycles. The van der Waals surface area contributed by atoms with Crippen molar-refractivity contribution in [3.8, 4) is 17.6 Å². The van der Waals surface area contributed by atoms with E-state index in [0.29, 0.717) is 5.75 Å². The molecule has 104 valence electrons. The van der Waals surface area contributed by atoms with Crippen molar-refractivity contribution in [2.45, 2.75) is 25.9 Å². The van der Waals surface area contributed by atoms with Gasteiger partial charge in [-0.3, -0.25) is 0 Å². The van der Waals surface area contributed by atoms with Crippen molar-refractivity contribution in [2.24, 2.45) is 0 Å². The molecule has 0 atom stereocenters. The highest BCUT2D eigenvalue weighted by Gasteiger charge is 2.26. The van der Waals surface area contributed by atoms with E-state index < -0.39 is 12.6 Å². The molecular formula is C14H14ClF3O. The molecule has 0 amide bonds. The Balaban J connectivity index is 2.51. The third-order valence-corrected chi connectivity index (χ3v) is 2.47. The van der Waals surface area contributed by atoms with Gasteiger partial charge in [0, 0.05) is 12.0 Å². The van der Waals surface area contributed by atoms with Gasteiger partial charge < -0.3 is 4.74 Å². The lowest BCUT2D eigenvalue weighted by Crippen LogP contribution is -2.10. The van der Waals surface area contributed by atoms with Gasteiger partial charge in [0.2, 0.25) is 0 Å². The molecule has 0 fully saturated rings. The van der Waals surface area contributed by atoms with Crippen molar-refractivity contribution in [2.75, 3.05) is 12.5 Å². The van der Waals surface area contributed by atoms with Gasteiger partial charge in [-0.25, -0.2) is 0 Å². The van der Waals surface area contributed by atoms with Crippen LogP contribution in [0.3, 0.4) is 0 Å². The first-order valence-corrected chi connectivity index (χ1v) is 6.31. The lowest BCUT2D eigenvalue weighted by molar-refractivity contribution is -0.136. The Hall–Kier alpha value is -1.34. The zero-order valence-electron chi connectivity index (χ0n) is 10.5. The summed E-state index contributed by atoms with van der Waals surface area (Å²) in [5.74, 6) is 6.43. The zero-order valence-corrected chi connectivity index (χ0v) is 11.2. The molecule has 0 spiro atoms. The predicted octanol–water partition coefficient (Wildman–Crippen LogP) is 4.31. The Morgan fingerprint density at radius 3 is 2.63 bits per heavy atom. The molecule has 19 heavy (non-hydrogen) atoms. The lowest BCUT2D eigenvalue weighted by atomic mass is 10.1. The maximum atomic E-state index is 12.0. The van der Waals surface area contributed by atoms with Crippen LogP contribution in [-0.4, -0.2) is 18.7 Å². The van der Waals surface area contributed by atoms with Crippen molar-refractivity contribution in [1.82, 2.24) is 0 Å². The molecule has 0 aliphatic carbocycles. The molecule has 0 bridgehead atoms.